The maximum Gasteiger partial charge on any atom is 0.241 e. The summed E-state index contributed by atoms with van der Waals surface area (Å²) < 4.78 is 27.0. The van der Waals surface area contributed by atoms with Crippen LogP contribution >= 0.6 is 0 Å². The molecular formula is C12H17N3O3S. The molecule has 1 unspecified atom stereocenters. The molecule has 6 nitrogen and oxygen atoms in total. The highest BCUT2D eigenvalue weighted by Crippen LogP contribution is 2.17. The van der Waals surface area contributed by atoms with Crippen LogP contribution in [0.15, 0.2) is 23.1 Å². The van der Waals surface area contributed by atoms with Gasteiger partial charge in [0.15, 0.2) is 0 Å². The molecule has 1 saturated heterocycles. The Balaban J connectivity index is 2.22. The predicted molar refractivity (Wildman–Crippen MR) is 70.8 cm³/mol. The number of benzene rings is 1. The number of aryl methyl sites for hydroxylation is 1. The molecule has 0 aliphatic carbocycles. The van der Waals surface area contributed by atoms with E-state index in [4.69, 9.17) is 5.73 Å². The zero-order chi connectivity index (χ0) is 14.0. The van der Waals surface area contributed by atoms with E-state index in [1.165, 1.54) is 0 Å². The second-order valence-corrected chi connectivity index (χ2v) is 6.31. The summed E-state index contributed by atoms with van der Waals surface area (Å²) in [4.78, 5) is 11.3. The van der Waals surface area contributed by atoms with Crippen LogP contribution in [0.25, 0.3) is 0 Å². The van der Waals surface area contributed by atoms with E-state index in [-0.39, 0.29) is 23.3 Å². The van der Waals surface area contributed by atoms with Gasteiger partial charge in [0, 0.05) is 25.6 Å². The summed E-state index contributed by atoms with van der Waals surface area (Å²) in [6, 6.07) is 4.61. The van der Waals surface area contributed by atoms with Gasteiger partial charge < -0.3 is 11.1 Å². The summed E-state index contributed by atoms with van der Waals surface area (Å²) in [5.74, 6) is -0.136. The van der Waals surface area contributed by atoms with E-state index in [1.807, 2.05) is 0 Å². The van der Waals surface area contributed by atoms with E-state index in [1.54, 1.807) is 25.1 Å². The van der Waals surface area contributed by atoms with Crippen molar-refractivity contribution in [2.45, 2.75) is 30.8 Å². The van der Waals surface area contributed by atoms with Gasteiger partial charge in [-0.2, -0.15) is 0 Å². The molecule has 1 atom stereocenters. The highest BCUT2D eigenvalue weighted by molar-refractivity contribution is 7.89. The van der Waals surface area contributed by atoms with Crippen LogP contribution < -0.4 is 15.8 Å². The van der Waals surface area contributed by atoms with Crippen LogP contribution in [0.4, 0.5) is 0 Å². The first-order valence-corrected chi connectivity index (χ1v) is 7.49. The minimum atomic E-state index is -3.61. The van der Waals surface area contributed by atoms with Crippen LogP contribution in [0, 0.1) is 6.92 Å². The first-order chi connectivity index (χ1) is 8.92. The number of sulfonamides is 1. The van der Waals surface area contributed by atoms with Crippen molar-refractivity contribution in [3.05, 3.63) is 29.3 Å². The third-order valence-corrected chi connectivity index (χ3v) is 4.74. The van der Waals surface area contributed by atoms with Crippen molar-refractivity contribution in [1.29, 1.82) is 0 Å². The van der Waals surface area contributed by atoms with Crippen LogP contribution in [-0.2, 0) is 21.4 Å². The van der Waals surface area contributed by atoms with Gasteiger partial charge in [-0.3, -0.25) is 4.79 Å². The lowest BCUT2D eigenvalue weighted by Crippen LogP contribution is -2.36. The average Bonchev–Trinajstić information content (AvgIpc) is 2.73. The van der Waals surface area contributed by atoms with Crippen molar-refractivity contribution < 1.29 is 13.2 Å². The number of hydrogen-bond acceptors (Lipinski definition) is 4. The standard InChI is InChI=1S/C12H17N3O3S/c1-8-4-9(6-13)2-3-11(8)19(17,18)15-10-5-12(16)14-7-10/h2-4,10,15H,5-7,13H2,1H3,(H,14,16). The highest BCUT2D eigenvalue weighted by Gasteiger charge is 2.27. The number of nitrogens with one attached hydrogen (secondary N) is 2. The number of carbonyl (C=O) groups excluding carboxylic acids is 1. The van der Waals surface area contributed by atoms with Gasteiger partial charge in [0.2, 0.25) is 15.9 Å². The van der Waals surface area contributed by atoms with Crippen molar-refractivity contribution in [3.8, 4) is 0 Å². The van der Waals surface area contributed by atoms with E-state index in [9.17, 15) is 13.2 Å². The van der Waals surface area contributed by atoms with Crippen molar-refractivity contribution >= 4 is 15.9 Å². The Morgan fingerprint density at radius 2 is 2.21 bits per heavy atom. The second kappa shape index (κ2) is 5.28. The summed E-state index contributed by atoms with van der Waals surface area (Å²) in [7, 11) is -3.61. The third kappa shape index (κ3) is 3.12. The van der Waals surface area contributed by atoms with Gasteiger partial charge in [-0.15, -0.1) is 0 Å². The summed E-state index contributed by atoms with van der Waals surface area (Å²) >= 11 is 0. The number of carbonyl (C=O) groups is 1. The van der Waals surface area contributed by atoms with Crippen LogP contribution in [-0.4, -0.2) is 26.9 Å². The molecule has 1 aliphatic heterocycles. The van der Waals surface area contributed by atoms with Gasteiger partial charge >= 0.3 is 0 Å². The Kier molecular flexibility index (Phi) is 3.88. The molecule has 4 N–H and O–H groups in total. The van der Waals surface area contributed by atoms with Crippen molar-refractivity contribution in [2.24, 2.45) is 5.73 Å². The Bertz CT molecular complexity index is 598. The van der Waals surface area contributed by atoms with E-state index in [0.29, 0.717) is 18.7 Å². The quantitative estimate of drug-likeness (QED) is 0.701. The molecule has 1 amide bonds. The molecule has 0 bridgehead atoms. The Morgan fingerprint density at radius 3 is 2.74 bits per heavy atom. The molecule has 0 saturated carbocycles. The predicted octanol–water partition coefficient (Wildman–Crippen LogP) is -0.379. The SMILES string of the molecule is Cc1cc(CN)ccc1S(=O)(=O)NC1CNC(=O)C1. The first kappa shape index (κ1) is 14.0. The van der Waals surface area contributed by atoms with Crippen LogP contribution in [0.3, 0.4) is 0 Å². The Labute approximate surface area is 112 Å². The number of hydrogen-bond donors (Lipinski definition) is 3. The van der Waals surface area contributed by atoms with Gasteiger partial charge in [0.1, 0.15) is 0 Å². The molecule has 1 heterocycles. The Hall–Kier alpha value is -1.44. The first-order valence-electron chi connectivity index (χ1n) is 6.01. The molecule has 1 aromatic carbocycles. The Morgan fingerprint density at radius 1 is 1.47 bits per heavy atom. The summed E-state index contributed by atoms with van der Waals surface area (Å²) in [6.07, 6.45) is 0.180. The van der Waals surface area contributed by atoms with Gasteiger partial charge in [-0.1, -0.05) is 12.1 Å². The van der Waals surface area contributed by atoms with Crippen molar-refractivity contribution in [2.75, 3.05) is 6.54 Å². The average molecular weight is 283 g/mol. The fourth-order valence-electron chi connectivity index (χ4n) is 2.11. The smallest absolute Gasteiger partial charge is 0.241 e. The van der Waals surface area contributed by atoms with E-state index in [2.05, 4.69) is 10.0 Å². The highest BCUT2D eigenvalue weighted by atomic mass is 32.2. The second-order valence-electron chi connectivity index (χ2n) is 4.63. The van der Waals surface area contributed by atoms with Crippen molar-refractivity contribution in [1.82, 2.24) is 10.0 Å². The number of rotatable bonds is 4. The normalized spacial score (nSPS) is 19.5. The molecular weight excluding hydrogens is 266 g/mol. The molecule has 0 spiro atoms. The number of amides is 1. The maximum absolute atomic E-state index is 12.2. The zero-order valence-corrected chi connectivity index (χ0v) is 11.5. The molecule has 2 rings (SSSR count). The molecule has 7 heteroatoms. The fourth-order valence-corrected chi connectivity index (χ4v) is 3.57. The minimum Gasteiger partial charge on any atom is -0.354 e. The molecule has 1 fully saturated rings. The zero-order valence-electron chi connectivity index (χ0n) is 10.6. The summed E-state index contributed by atoms with van der Waals surface area (Å²) in [6.45, 7) is 2.43. The molecule has 0 aromatic heterocycles. The summed E-state index contributed by atoms with van der Waals surface area (Å²) in [5.41, 5.74) is 7.04. The molecule has 1 aromatic rings. The van der Waals surface area contributed by atoms with Gasteiger partial charge in [-0.25, -0.2) is 13.1 Å². The third-order valence-electron chi connectivity index (χ3n) is 3.06. The summed E-state index contributed by atoms with van der Waals surface area (Å²) in [5, 5.41) is 2.59. The van der Waals surface area contributed by atoms with Crippen LogP contribution in [0.1, 0.15) is 17.5 Å². The monoisotopic (exact) mass is 283 g/mol. The van der Waals surface area contributed by atoms with Crippen LogP contribution in [0.2, 0.25) is 0 Å². The lowest BCUT2D eigenvalue weighted by atomic mass is 10.1. The van der Waals surface area contributed by atoms with Gasteiger partial charge in [0.25, 0.3) is 0 Å². The van der Waals surface area contributed by atoms with Crippen molar-refractivity contribution in [3.63, 3.8) is 0 Å². The molecule has 0 radical (unpaired) electrons. The van der Waals surface area contributed by atoms with Gasteiger partial charge in [-0.05, 0) is 24.1 Å². The van der Waals surface area contributed by atoms with Gasteiger partial charge in [0.05, 0.1) is 4.90 Å². The fraction of sp³-hybridized carbons (Fsp3) is 0.417. The molecule has 19 heavy (non-hydrogen) atoms. The van der Waals surface area contributed by atoms with Crippen LogP contribution in [0.5, 0.6) is 0 Å². The molecule has 1 aliphatic rings. The van der Waals surface area contributed by atoms with E-state index in [0.717, 1.165) is 5.56 Å². The topological polar surface area (TPSA) is 101 Å². The minimum absolute atomic E-state index is 0.136. The van der Waals surface area contributed by atoms with E-state index >= 15 is 0 Å². The largest absolute Gasteiger partial charge is 0.354 e. The number of nitrogens with two attached hydrogens (primary N) is 1. The lowest BCUT2D eigenvalue weighted by Gasteiger charge is -2.13. The maximum atomic E-state index is 12.2. The van der Waals surface area contributed by atoms with E-state index < -0.39 is 10.0 Å². The molecule has 104 valence electrons. The lowest BCUT2D eigenvalue weighted by molar-refractivity contribution is -0.119.